The molecule has 0 bridgehead atoms. The molecule has 2 amide bonds. The van der Waals surface area contributed by atoms with Gasteiger partial charge < -0.3 is 4.90 Å². The molecule has 0 aliphatic carbocycles. The molecule has 1 fully saturated rings. The molecule has 0 spiro atoms. The molecule has 0 aromatic rings. The number of amides is 2. The lowest BCUT2D eigenvalue weighted by Gasteiger charge is -2.07. The Morgan fingerprint density at radius 1 is 1.82 bits per heavy atom. The van der Waals surface area contributed by atoms with Crippen molar-refractivity contribution in [3.8, 4) is 0 Å². The maximum Gasteiger partial charge on any atom is 0.255 e. The van der Waals surface area contributed by atoms with Crippen molar-refractivity contribution >= 4 is 11.8 Å². The van der Waals surface area contributed by atoms with Gasteiger partial charge in [0.2, 0.25) is 5.91 Å². The third kappa shape index (κ3) is 1.32. The zero-order valence-corrected chi connectivity index (χ0v) is 6.20. The Morgan fingerprint density at radius 2 is 2.45 bits per heavy atom. The van der Waals surface area contributed by atoms with Gasteiger partial charge in [-0.15, -0.1) is 0 Å². The highest BCUT2D eigenvalue weighted by Gasteiger charge is 2.34. The summed E-state index contributed by atoms with van der Waals surface area (Å²) in [7, 11) is 1.63. The van der Waals surface area contributed by atoms with Gasteiger partial charge in [0.25, 0.3) is 5.91 Å². The number of nitrogens with one attached hydrogen (secondary N) is 1. The van der Waals surface area contributed by atoms with E-state index < -0.39 is 11.8 Å². The summed E-state index contributed by atoms with van der Waals surface area (Å²) in [6, 6.07) is 0. The lowest BCUT2D eigenvalue weighted by molar-refractivity contribution is -0.141. The molecule has 2 N–H and O–H groups in total. The van der Waals surface area contributed by atoms with E-state index in [1.165, 1.54) is 10.4 Å². The van der Waals surface area contributed by atoms with Crippen LogP contribution in [0.25, 0.3) is 0 Å². The molecule has 62 valence electrons. The summed E-state index contributed by atoms with van der Waals surface area (Å²) in [6.07, 6.45) is 0.488. The van der Waals surface area contributed by atoms with Crippen LogP contribution in [0.5, 0.6) is 0 Å². The van der Waals surface area contributed by atoms with Crippen molar-refractivity contribution in [3.05, 3.63) is 0 Å². The number of likely N-dealkylation sites (tertiary alicyclic amines) is 1. The number of hydrogen-bond donors (Lipinski definition) is 2. The molecule has 1 rings (SSSR count). The highest BCUT2D eigenvalue weighted by Crippen LogP contribution is 2.15. The van der Waals surface area contributed by atoms with E-state index in [9.17, 15) is 9.59 Å². The molecular weight excluding hydrogens is 148 g/mol. The standard InChI is InChI=1S/C6H10N2O3/c1-8-3-2-4(6(8)10)5(9)7-11/h4,11H,2-3H2,1H3,(H,7,9). The van der Waals surface area contributed by atoms with E-state index in [1.54, 1.807) is 7.05 Å². The average Bonchev–Trinajstić information content (AvgIpc) is 2.32. The van der Waals surface area contributed by atoms with Gasteiger partial charge in [0.1, 0.15) is 5.92 Å². The monoisotopic (exact) mass is 158 g/mol. The highest BCUT2D eigenvalue weighted by atomic mass is 16.5. The second kappa shape index (κ2) is 2.87. The molecule has 1 aliphatic rings. The average molecular weight is 158 g/mol. The zero-order valence-electron chi connectivity index (χ0n) is 6.20. The Morgan fingerprint density at radius 3 is 2.82 bits per heavy atom. The van der Waals surface area contributed by atoms with Gasteiger partial charge in [0.05, 0.1) is 0 Å². The Labute approximate surface area is 63.9 Å². The van der Waals surface area contributed by atoms with Gasteiger partial charge in [-0.2, -0.15) is 0 Å². The van der Waals surface area contributed by atoms with E-state index in [2.05, 4.69) is 0 Å². The normalized spacial score (nSPS) is 24.0. The molecule has 0 aromatic heterocycles. The van der Waals surface area contributed by atoms with Crippen LogP contribution in [0.2, 0.25) is 0 Å². The summed E-state index contributed by atoms with van der Waals surface area (Å²) < 4.78 is 0. The number of rotatable bonds is 1. The fraction of sp³-hybridized carbons (Fsp3) is 0.667. The minimum absolute atomic E-state index is 0.225. The van der Waals surface area contributed by atoms with Gasteiger partial charge in [-0.05, 0) is 6.42 Å². The van der Waals surface area contributed by atoms with Crippen LogP contribution >= 0.6 is 0 Å². The Kier molecular flexibility index (Phi) is 2.09. The van der Waals surface area contributed by atoms with Crippen LogP contribution in [-0.4, -0.2) is 35.5 Å². The Bertz CT molecular complexity index is 192. The van der Waals surface area contributed by atoms with Crippen LogP contribution in [0.1, 0.15) is 6.42 Å². The minimum atomic E-state index is -0.690. The minimum Gasteiger partial charge on any atom is -0.345 e. The fourth-order valence-electron chi connectivity index (χ4n) is 1.14. The van der Waals surface area contributed by atoms with Crippen LogP contribution in [0.3, 0.4) is 0 Å². The fourth-order valence-corrected chi connectivity index (χ4v) is 1.14. The molecule has 11 heavy (non-hydrogen) atoms. The molecule has 0 saturated carbocycles. The van der Waals surface area contributed by atoms with Crippen molar-refractivity contribution in [2.75, 3.05) is 13.6 Å². The molecule has 1 saturated heterocycles. The number of hydroxylamine groups is 1. The third-order valence-corrected chi connectivity index (χ3v) is 1.85. The first-order valence-corrected chi connectivity index (χ1v) is 3.35. The van der Waals surface area contributed by atoms with E-state index in [-0.39, 0.29) is 5.91 Å². The predicted molar refractivity (Wildman–Crippen MR) is 35.7 cm³/mol. The van der Waals surface area contributed by atoms with E-state index in [4.69, 9.17) is 5.21 Å². The summed E-state index contributed by atoms with van der Waals surface area (Å²) in [5.74, 6) is -1.53. The molecule has 0 radical (unpaired) electrons. The van der Waals surface area contributed by atoms with Gasteiger partial charge in [-0.1, -0.05) is 0 Å². The van der Waals surface area contributed by atoms with Crippen molar-refractivity contribution in [1.82, 2.24) is 10.4 Å². The summed E-state index contributed by atoms with van der Waals surface area (Å²) in [5.41, 5.74) is 1.47. The van der Waals surface area contributed by atoms with E-state index in [0.29, 0.717) is 13.0 Å². The van der Waals surface area contributed by atoms with Crippen LogP contribution in [0, 0.1) is 5.92 Å². The molecule has 1 unspecified atom stereocenters. The first-order chi connectivity index (χ1) is 5.16. The molecule has 5 heteroatoms. The largest absolute Gasteiger partial charge is 0.345 e. The number of carbonyl (C=O) groups excluding carboxylic acids is 2. The lowest BCUT2D eigenvalue weighted by Crippen LogP contribution is -2.33. The van der Waals surface area contributed by atoms with Crippen LogP contribution in [0.4, 0.5) is 0 Å². The maximum atomic E-state index is 11.1. The smallest absolute Gasteiger partial charge is 0.255 e. The maximum absolute atomic E-state index is 11.1. The quantitative estimate of drug-likeness (QED) is 0.291. The van der Waals surface area contributed by atoms with E-state index in [1.807, 2.05) is 0 Å². The topological polar surface area (TPSA) is 69.6 Å². The van der Waals surface area contributed by atoms with Gasteiger partial charge in [0.15, 0.2) is 0 Å². The summed E-state index contributed by atoms with van der Waals surface area (Å²) in [6.45, 7) is 0.580. The molecular formula is C6H10N2O3. The van der Waals surface area contributed by atoms with Crippen molar-refractivity contribution < 1.29 is 14.8 Å². The zero-order chi connectivity index (χ0) is 8.43. The van der Waals surface area contributed by atoms with Crippen molar-refractivity contribution in [2.24, 2.45) is 5.92 Å². The van der Waals surface area contributed by atoms with Gasteiger partial charge in [-0.3, -0.25) is 14.8 Å². The lowest BCUT2D eigenvalue weighted by atomic mass is 10.1. The summed E-state index contributed by atoms with van der Waals surface area (Å²) >= 11 is 0. The SMILES string of the molecule is CN1CCC(C(=O)NO)C1=O. The Hall–Kier alpha value is -1.10. The van der Waals surface area contributed by atoms with E-state index >= 15 is 0 Å². The summed E-state index contributed by atoms with van der Waals surface area (Å²) in [5, 5.41) is 8.23. The first-order valence-electron chi connectivity index (χ1n) is 3.35. The van der Waals surface area contributed by atoms with Crippen molar-refractivity contribution in [1.29, 1.82) is 0 Å². The van der Waals surface area contributed by atoms with Crippen molar-refractivity contribution in [3.63, 3.8) is 0 Å². The van der Waals surface area contributed by atoms with Gasteiger partial charge in [0, 0.05) is 13.6 Å². The second-order valence-electron chi connectivity index (χ2n) is 2.58. The molecule has 5 nitrogen and oxygen atoms in total. The number of carbonyl (C=O) groups is 2. The Balaban J connectivity index is 2.62. The number of nitrogens with zero attached hydrogens (tertiary/aromatic N) is 1. The van der Waals surface area contributed by atoms with Crippen LogP contribution in [0.15, 0.2) is 0 Å². The second-order valence-corrected chi connectivity index (χ2v) is 2.58. The number of hydrogen-bond acceptors (Lipinski definition) is 3. The molecule has 1 atom stereocenters. The van der Waals surface area contributed by atoms with Gasteiger partial charge in [-0.25, -0.2) is 5.48 Å². The molecule has 1 heterocycles. The summed E-state index contributed by atoms with van der Waals surface area (Å²) in [4.78, 5) is 23.3. The predicted octanol–water partition coefficient (Wildman–Crippen LogP) is -1.03. The molecule has 1 aliphatic heterocycles. The highest BCUT2D eigenvalue weighted by molar-refractivity contribution is 6.01. The van der Waals surface area contributed by atoms with Crippen LogP contribution < -0.4 is 5.48 Å². The van der Waals surface area contributed by atoms with Crippen molar-refractivity contribution in [2.45, 2.75) is 6.42 Å². The first kappa shape index (κ1) is 8.00. The third-order valence-electron chi connectivity index (χ3n) is 1.85. The van der Waals surface area contributed by atoms with E-state index in [0.717, 1.165) is 0 Å². The molecule has 0 aromatic carbocycles. The van der Waals surface area contributed by atoms with Crippen LogP contribution in [-0.2, 0) is 9.59 Å². The van der Waals surface area contributed by atoms with Gasteiger partial charge >= 0.3 is 0 Å².